The lowest BCUT2D eigenvalue weighted by Gasteiger charge is -2.17. The van der Waals surface area contributed by atoms with Crippen LogP contribution in [0.3, 0.4) is 0 Å². The Bertz CT molecular complexity index is 311. The van der Waals surface area contributed by atoms with Crippen LogP contribution in [0.1, 0.15) is 20.3 Å². The van der Waals surface area contributed by atoms with Crippen molar-refractivity contribution in [3.05, 3.63) is 47.6 Å². The van der Waals surface area contributed by atoms with E-state index >= 15 is 0 Å². The molecule has 2 aliphatic carbocycles. The second-order valence-electron chi connectivity index (χ2n) is 4.23. The number of hydrogen-bond donors (Lipinski definition) is 0. The van der Waals surface area contributed by atoms with Crippen LogP contribution in [-0.2, 0) is 0 Å². The van der Waals surface area contributed by atoms with E-state index in [0.29, 0.717) is 5.92 Å². The number of hydrogen-bond acceptors (Lipinski definition) is 0. The molecule has 2 aliphatic rings. The van der Waals surface area contributed by atoms with Crippen molar-refractivity contribution in [2.45, 2.75) is 20.3 Å². The minimum absolute atomic E-state index is 0.590. The molecule has 0 fully saturated rings. The van der Waals surface area contributed by atoms with Crippen LogP contribution >= 0.6 is 0 Å². The summed E-state index contributed by atoms with van der Waals surface area (Å²) in [5.41, 5.74) is 3.03. The second-order valence-corrected chi connectivity index (χ2v) is 4.23. The Morgan fingerprint density at radius 3 is 2.85 bits per heavy atom. The molecule has 0 aromatic heterocycles. The van der Waals surface area contributed by atoms with Gasteiger partial charge in [0.15, 0.2) is 0 Å². The number of fused-ring (bicyclic) bond motifs is 1. The van der Waals surface area contributed by atoms with Crippen LogP contribution in [0.25, 0.3) is 0 Å². The first-order valence-corrected chi connectivity index (χ1v) is 5.03. The van der Waals surface area contributed by atoms with Gasteiger partial charge < -0.3 is 0 Å². The molecule has 2 rings (SSSR count). The van der Waals surface area contributed by atoms with Crippen molar-refractivity contribution < 1.29 is 0 Å². The topological polar surface area (TPSA) is 0 Å². The van der Waals surface area contributed by atoms with E-state index in [1.165, 1.54) is 12.0 Å². The molecule has 0 nitrogen and oxygen atoms in total. The Balaban J connectivity index is 2.12. The van der Waals surface area contributed by atoms with Gasteiger partial charge in [0, 0.05) is 5.92 Å². The average molecular weight is 172 g/mol. The van der Waals surface area contributed by atoms with Crippen LogP contribution in [0.5, 0.6) is 0 Å². The molecule has 0 aromatic rings. The van der Waals surface area contributed by atoms with Crippen LogP contribution in [0.4, 0.5) is 0 Å². The van der Waals surface area contributed by atoms with Gasteiger partial charge in [0.1, 0.15) is 0 Å². The summed E-state index contributed by atoms with van der Waals surface area (Å²) in [5, 5.41) is 0. The third kappa shape index (κ3) is 1.67. The molecule has 1 unspecified atom stereocenters. The molecule has 0 heteroatoms. The third-order valence-corrected chi connectivity index (χ3v) is 2.60. The normalized spacial score (nSPS) is 24.7. The number of rotatable bonds is 2. The molecular formula is C13H16. The van der Waals surface area contributed by atoms with Crippen molar-refractivity contribution in [2.75, 3.05) is 0 Å². The number of allylic oxidation sites excluding steroid dienone is 8. The molecule has 0 saturated heterocycles. The van der Waals surface area contributed by atoms with Crippen LogP contribution in [0, 0.1) is 11.8 Å². The van der Waals surface area contributed by atoms with Gasteiger partial charge >= 0.3 is 0 Å². The molecule has 0 radical (unpaired) electrons. The van der Waals surface area contributed by atoms with Gasteiger partial charge in [0.25, 0.3) is 0 Å². The molecule has 13 heavy (non-hydrogen) atoms. The van der Waals surface area contributed by atoms with E-state index in [0.717, 1.165) is 5.92 Å². The lowest BCUT2D eigenvalue weighted by molar-refractivity contribution is 0.617. The molecule has 0 aliphatic heterocycles. The first kappa shape index (κ1) is 8.55. The van der Waals surface area contributed by atoms with E-state index in [-0.39, 0.29) is 0 Å². The molecular weight excluding hydrogens is 156 g/mol. The molecule has 1 atom stereocenters. The maximum Gasteiger partial charge on any atom is 0.0234 e. The van der Waals surface area contributed by atoms with E-state index in [2.05, 4.69) is 50.3 Å². The minimum Gasteiger partial charge on any atom is -0.0730 e. The molecule has 0 aromatic carbocycles. The van der Waals surface area contributed by atoms with Gasteiger partial charge in [0.05, 0.1) is 0 Å². The average Bonchev–Trinajstić information content (AvgIpc) is 2.48. The highest BCUT2D eigenvalue weighted by Crippen LogP contribution is 2.34. The zero-order valence-electron chi connectivity index (χ0n) is 8.33. The molecule has 0 amide bonds. The molecule has 0 heterocycles. The van der Waals surface area contributed by atoms with E-state index in [4.69, 9.17) is 0 Å². The van der Waals surface area contributed by atoms with Crippen LogP contribution in [-0.4, -0.2) is 0 Å². The largest absolute Gasteiger partial charge is 0.0730 e. The lowest BCUT2D eigenvalue weighted by Crippen LogP contribution is -2.04. The van der Waals surface area contributed by atoms with E-state index < -0.39 is 0 Å². The Morgan fingerprint density at radius 1 is 1.23 bits per heavy atom. The Hall–Kier alpha value is -1.04. The standard InChI is InChI=1S/C13H16/c1-10(2)9-12-8-7-11-5-3-4-6-13(11)12/h3-8,10,13H,9H2,1-2H3. The SMILES string of the molecule is CC(C)CC1=CC=C2C=CC=CC21. The van der Waals surface area contributed by atoms with Gasteiger partial charge in [-0.05, 0) is 17.9 Å². The zero-order chi connectivity index (χ0) is 9.26. The highest BCUT2D eigenvalue weighted by Gasteiger charge is 2.20. The van der Waals surface area contributed by atoms with Crippen molar-refractivity contribution in [3.63, 3.8) is 0 Å². The van der Waals surface area contributed by atoms with Gasteiger partial charge in [-0.1, -0.05) is 55.9 Å². The summed E-state index contributed by atoms with van der Waals surface area (Å²) in [6.07, 6.45) is 14.6. The fourth-order valence-electron chi connectivity index (χ4n) is 2.03. The van der Waals surface area contributed by atoms with Crippen molar-refractivity contribution in [1.82, 2.24) is 0 Å². The molecule has 68 valence electrons. The van der Waals surface area contributed by atoms with Crippen molar-refractivity contribution in [3.8, 4) is 0 Å². The third-order valence-electron chi connectivity index (χ3n) is 2.60. The fraction of sp³-hybridized carbons (Fsp3) is 0.385. The van der Waals surface area contributed by atoms with E-state index in [1.807, 2.05) is 0 Å². The smallest absolute Gasteiger partial charge is 0.0234 e. The molecule has 0 saturated carbocycles. The molecule has 0 spiro atoms. The monoisotopic (exact) mass is 172 g/mol. The second kappa shape index (κ2) is 3.37. The Labute approximate surface area is 80.3 Å². The first-order valence-electron chi connectivity index (χ1n) is 5.03. The predicted molar refractivity (Wildman–Crippen MR) is 57.4 cm³/mol. The quantitative estimate of drug-likeness (QED) is 0.596. The maximum atomic E-state index is 2.30. The predicted octanol–water partition coefficient (Wildman–Crippen LogP) is 3.64. The minimum atomic E-state index is 0.590. The van der Waals surface area contributed by atoms with Crippen molar-refractivity contribution >= 4 is 0 Å². The summed E-state index contributed by atoms with van der Waals surface area (Å²) in [6.45, 7) is 4.56. The van der Waals surface area contributed by atoms with E-state index in [9.17, 15) is 0 Å². The summed E-state index contributed by atoms with van der Waals surface area (Å²) in [7, 11) is 0. The summed E-state index contributed by atoms with van der Waals surface area (Å²) < 4.78 is 0. The maximum absolute atomic E-state index is 2.30. The summed E-state index contributed by atoms with van der Waals surface area (Å²) in [5.74, 6) is 1.35. The van der Waals surface area contributed by atoms with Crippen molar-refractivity contribution in [2.24, 2.45) is 11.8 Å². The summed E-state index contributed by atoms with van der Waals surface area (Å²) >= 11 is 0. The van der Waals surface area contributed by atoms with Crippen LogP contribution in [0.2, 0.25) is 0 Å². The fourth-order valence-corrected chi connectivity index (χ4v) is 2.03. The van der Waals surface area contributed by atoms with Gasteiger partial charge in [0.2, 0.25) is 0 Å². The summed E-state index contributed by atoms with van der Waals surface area (Å²) in [4.78, 5) is 0. The molecule has 0 N–H and O–H groups in total. The van der Waals surface area contributed by atoms with Gasteiger partial charge in [-0.2, -0.15) is 0 Å². The zero-order valence-corrected chi connectivity index (χ0v) is 8.33. The highest BCUT2D eigenvalue weighted by atomic mass is 14.2. The van der Waals surface area contributed by atoms with E-state index in [1.54, 1.807) is 5.57 Å². The van der Waals surface area contributed by atoms with Crippen LogP contribution < -0.4 is 0 Å². The molecule has 0 bridgehead atoms. The summed E-state index contributed by atoms with van der Waals surface area (Å²) in [6, 6.07) is 0. The first-order chi connectivity index (χ1) is 6.27. The van der Waals surface area contributed by atoms with Crippen molar-refractivity contribution in [1.29, 1.82) is 0 Å². The Kier molecular flexibility index (Phi) is 2.22. The highest BCUT2D eigenvalue weighted by molar-refractivity contribution is 5.47. The Morgan fingerprint density at radius 2 is 2.08 bits per heavy atom. The van der Waals surface area contributed by atoms with Gasteiger partial charge in [-0.3, -0.25) is 0 Å². The van der Waals surface area contributed by atoms with Crippen LogP contribution in [0.15, 0.2) is 47.6 Å². The van der Waals surface area contributed by atoms with Gasteiger partial charge in [-0.15, -0.1) is 0 Å². The van der Waals surface area contributed by atoms with Gasteiger partial charge in [-0.25, -0.2) is 0 Å². The lowest BCUT2D eigenvalue weighted by atomic mass is 9.88.